The van der Waals surface area contributed by atoms with Crippen molar-refractivity contribution in [2.45, 2.75) is 13.8 Å². The van der Waals surface area contributed by atoms with Gasteiger partial charge in [0.2, 0.25) is 0 Å². The summed E-state index contributed by atoms with van der Waals surface area (Å²) < 4.78 is 0. The summed E-state index contributed by atoms with van der Waals surface area (Å²) in [6.45, 7) is 4.20. The minimum Gasteiger partial charge on any atom is -0.267 e. The molecule has 0 aliphatic heterocycles. The van der Waals surface area contributed by atoms with E-state index in [1.807, 2.05) is 0 Å². The minimum absolute atomic E-state index is 0. The van der Waals surface area contributed by atoms with E-state index >= 15 is 0 Å². The van der Waals surface area contributed by atoms with Crippen molar-refractivity contribution in [3.8, 4) is 0 Å². The summed E-state index contributed by atoms with van der Waals surface area (Å²) in [7, 11) is 0. The van der Waals surface area contributed by atoms with Crippen LogP contribution in [0.25, 0.3) is 0 Å². The Morgan fingerprint density at radius 2 is 2.25 bits per heavy atom. The smallest absolute Gasteiger partial charge is 0 e. The minimum atomic E-state index is 0. The third-order valence-electron chi connectivity index (χ3n) is 1.09. The number of allylic oxidation sites excluding steroid dienone is 4. The monoisotopic (exact) mass is 183 g/mol. The van der Waals surface area contributed by atoms with Crippen molar-refractivity contribution in [2.75, 3.05) is 0 Å². The zero-order chi connectivity index (χ0) is 5.28. The molecule has 0 aromatic heterocycles. The van der Waals surface area contributed by atoms with E-state index in [0.717, 1.165) is 0 Å². The fourth-order valence-electron chi connectivity index (χ4n) is 0.744. The predicted molar refractivity (Wildman–Crippen MR) is 30.7 cm³/mol. The van der Waals surface area contributed by atoms with Crippen LogP contribution in [0.4, 0.5) is 0 Å². The van der Waals surface area contributed by atoms with Crippen LogP contribution in [0.3, 0.4) is 0 Å². The molecule has 0 heterocycles. The largest absolute Gasteiger partial charge is 0.267 e. The van der Waals surface area contributed by atoms with Gasteiger partial charge >= 0.3 is 0 Å². The average molecular weight is 184 g/mol. The zero-order valence-electron chi connectivity index (χ0n) is 5.23. The molecule has 0 N–H and O–H groups in total. The van der Waals surface area contributed by atoms with Crippen molar-refractivity contribution in [2.24, 2.45) is 5.92 Å². The Morgan fingerprint density at radius 1 is 1.62 bits per heavy atom. The van der Waals surface area contributed by atoms with Crippen molar-refractivity contribution < 1.29 is 26.2 Å². The first-order valence-electron chi connectivity index (χ1n) is 2.57. The van der Waals surface area contributed by atoms with Gasteiger partial charge in [0, 0.05) is 26.2 Å². The van der Waals surface area contributed by atoms with Gasteiger partial charge in [-0.25, -0.2) is 11.6 Å². The van der Waals surface area contributed by atoms with E-state index in [9.17, 15) is 0 Å². The van der Waals surface area contributed by atoms with Crippen LogP contribution in [-0.4, -0.2) is 0 Å². The molecular weight excluding hydrogens is 175 g/mol. The molecule has 0 aromatic rings. The SMILES string of the molecule is CC1=[C-]C(C)C=C1.[Zr]. The van der Waals surface area contributed by atoms with Crippen LogP contribution in [0.15, 0.2) is 17.7 Å². The van der Waals surface area contributed by atoms with E-state index in [1.165, 1.54) is 5.57 Å². The second-order valence-electron chi connectivity index (χ2n) is 1.98. The molecule has 8 heavy (non-hydrogen) atoms. The van der Waals surface area contributed by atoms with Gasteiger partial charge < -0.3 is 0 Å². The van der Waals surface area contributed by atoms with E-state index < -0.39 is 0 Å². The Balaban J connectivity index is 0.000000490. The first-order chi connectivity index (χ1) is 3.29. The van der Waals surface area contributed by atoms with E-state index in [0.29, 0.717) is 5.92 Å². The van der Waals surface area contributed by atoms with E-state index in [-0.39, 0.29) is 26.2 Å². The van der Waals surface area contributed by atoms with Gasteiger partial charge in [0.1, 0.15) is 0 Å². The van der Waals surface area contributed by atoms with Gasteiger partial charge in [-0.05, 0) is 0 Å². The van der Waals surface area contributed by atoms with Gasteiger partial charge in [0.15, 0.2) is 0 Å². The first-order valence-corrected chi connectivity index (χ1v) is 2.57. The van der Waals surface area contributed by atoms with Crippen LogP contribution in [0.2, 0.25) is 0 Å². The van der Waals surface area contributed by atoms with E-state index in [4.69, 9.17) is 0 Å². The Kier molecular flexibility index (Phi) is 3.55. The molecule has 1 unspecified atom stereocenters. The fourth-order valence-corrected chi connectivity index (χ4v) is 0.744. The molecule has 0 spiro atoms. The quantitative estimate of drug-likeness (QED) is 0.505. The predicted octanol–water partition coefficient (Wildman–Crippen LogP) is 1.94. The van der Waals surface area contributed by atoms with Crippen LogP contribution in [0.5, 0.6) is 0 Å². The maximum absolute atomic E-state index is 3.22. The summed E-state index contributed by atoms with van der Waals surface area (Å²) in [6.07, 6.45) is 7.47. The van der Waals surface area contributed by atoms with Crippen LogP contribution < -0.4 is 0 Å². The van der Waals surface area contributed by atoms with Crippen molar-refractivity contribution in [1.82, 2.24) is 0 Å². The van der Waals surface area contributed by atoms with Crippen molar-refractivity contribution in [1.29, 1.82) is 0 Å². The van der Waals surface area contributed by atoms with Gasteiger partial charge in [-0.2, -0.15) is 6.08 Å². The number of rotatable bonds is 0. The average Bonchev–Trinajstić information content (AvgIpc) is 1.87. The number of hydrogen-bond donors (Lipinski definition) is 0. The van der Waals surface area contributed by atoms with Gasteiger partial charge in [-0.15, -0.1) is 0 Å². The molecule has 1 aliphatic rings. The molecule has 1 rings (SSSR count). The third kappa shape index (κ3) is 2.09. The van der Waals surface area contributed by atoms with E-state index in [2.05, 4.69) is 32.1 Å². The second-order valence-corrected chi connectivity index (χ2v) is 1.98. The molecule has 42 valence electrons. The molecule has 0 fully saturated rings. The van der Waals surface area contributed by atoms with E-state index in [1.54, 1.807) is 0 Å². The summed E-state index contributed by atoms with van der Waals surface area (Å²) in [5.41, 5.74) is 1.27. The topological polar surface area (TPSA) is 0 Å². The van der Waals surface area contributed by atoms with Crippen molar-refractivity contribution in [3.05, 3.63) is 23.8 Å². The third-order valence-corrected chi connectivity index (χ3v) is 1.09. The summed E-state index contributed by atoms with van der Waals surface area (Å²) in [4.78, 5) is 0. The first kappa shape index (κ1) is 8.36. The van der Waals surface area contributed by atoms with Crippen LogP contribution in [0, 0.1) is 12.0 Å². The molecule has 0 nitrogen and oxygen atoms in total. The molecular formula is C7H9Zr-. The Morgan fingerprint density at radius 3 is 2.38 bits per heavy atom. The van der Waals surface area contributed by atoms with Gasteiger partial charge in [-0.1, -0.05) is 19.8 Å². The van der Waals surface area contributed by atoms with Gasteiger partial charge in [0.05, 0.1) is 0 Å². The molecule has 0 aromatic carbocycles. The van der Waals surface area contributed by atoms with Gasteiger partial charge in [0.25, 0.3) is 0 Å². The molecule has 1 aliphatic carbocycles. The van der Waals surface area contributed by atoms with Crippen LogP contribution in [-0.2, 0) is 26.2 Å². The number of hydrogen-bond acceptors (Lipinski definition) is 0. The Bertz CT molecular complexity index is 122. The van der Waals surface area contributed by atoms with Gasteiger partial charge in [-0.3, -0.25) is 6.08 Å². The molecule has 0 saturated heterocycles. The fraction of sp³-hybridized carbons (Fsp3) is 0.429. The molecule has 1 heteroatoms. The molecule has 1 atom stereocenters. The molecule has 0 saturated carbocycles. The summed E-state index contributed by atoms with van der Waals surface area (Å²) in [5, 5.41) is 0. The maximum Gasteiger partial charge on any atom is 0 e. The Hall–Kier alpha value is 0.363. The molecule has 0 bridgehead atoms. The maximum atomic E-state index is 3.22. The second kappa shape index (κ2) is 3.40. The van der Waals surface area contributed by atoms with Crippen LogP contribution >= 0.6 is 0 Å². The van der Waals surface area contributed by atoms with Crippen LogP contribution in [0.1, 0.15) is 13.8 Å². The normalized spacial score (nSPS) is 24.8. The molecule has 0 amide bonds. The zero-order valence-corrected chi connectivity index (χ0v) is 7.69. The van der Waals surface area contributed by atoms with Crippen molar-refractivity contribution in [3.63, 3.8) is 0 Å². The summed E-state index contributed by atoms with van der Waals surface area (Å²) >= 11 is 0. The summed E-state index contributed by atoms with van der Waals surface area (Å²) in [5.74, 6) is 0.556. The standard InChI is InChI=1S/C7H9.Zr/c1-6-3-4-7(2)5-6;/h3-4,6H,1-2H3;/q-1;. The van der Waals surface area contributed by atoms with Crippen molar-refractivity contribution >= 4 is 0 Å². The summed E-state index contributed by atoms with van der Waals surface area (Å²) in [6, 6.07) is 0. The Labute approximate surface area is 69.8 Å². The molecule has 0 radical (unpaired) electrons.